The van der Waals surface area contributed by atoms with Gasteiger partial charge in [0.15, 0.2) is 0 Å². The van der Waals surface area contributed by atoms with E-state index in [2.05, 4.69) is 20.5 Å². The Labute approximate surface area is 190 Å². The van der Waals surface area contributed by atoms with Crippen LogP contribution in [-0.4, -0.2) is 32.4 Å². The van der Waals surface area contributed by atoms with Gasteiger partial charge < -0.3 is 5.32 Å². The SMILES string of the molecule is CC[C@H](Sc1nnc(-c2ccc(F)cc2)c(-c2ccc(F)cc2)n1)C(=O)NC1CCCC1. The lowest BCUT2D eigenvalue weighted by Crippen LogP contribution is -2.38. The first kappa shape index (κ1) is 22.3. The fourth-order valence-electron chi connectivity index (χ4n) is 3.79. The molecule has 1 atom stereocenters. The zero-order valence-electron chi connectivity index (χ0n) is 17.7. The Kier molecular flexibility index (Phi) is 7.09. The van der Waals surface area contributed by atoms with Gasteiger partial charge in [-0.3, -0.25) is 4.79 Å². The average molecular weight is 455 g/mol. The Morgan fingerprint density at radius 2 is 1.53 bits per heavy atom. The summed E-state index contributed by atoms with van der Waals surface area (Å²) in [6.45, 7) is 1.95. The highest BCUT2D eigenvalue weighted by molar-refractivity contribution is 8.00. The van der Waals surface area contributed by atoms with E-state index < -0.39 is 0 Å². The predicted octanol–water partition coefficient (Wildman–Crippen LogP) is 5.41. The van der Waals surface area contributed by atoms with Gasteiger partial charge >= 0.3 is 0 Å². The van der Waals surface area contributed by atoms with Crippen LogP contribution in [0.25, 0.3) is 22.5 Å². The van der Waals surface area contributed by atoms with Crippen molar-refractivity contribution in [2.45, 2.75) is 55.5 Å². The van der Waals surface area contributed by atoms with Crippen LogP contribution in [0.4, 0.5) is 8.78 Å². The lowest BCUT2D eigenvalue weighted by Gasteiger charge is -2.18. The van der Waals surface area contributed by atoms with Crippen LogP contribution in [0.2, 0.25) is 0 Å². The molecule has 0 unspecified atom stereocenters. The summed E-state index contributed by atoms with van der Waals surface area (Å²) in [5, 5.41) is 11.7. The number of aromatic nitrogens is 3. The summed E-state index contributed by atoms with van der Waals surface area (Å²) in [6.07, 6.45) is 4.96. The van der Waals surface area contributed by atoms with Gasteiger partial charge in [0.2, 0.25) is 11.1 Å². The number of nitrogens with one attached hydrogen (secondary N) is 1. The Morgan fingerprint density at radius 1 is 0.969 bits per heavy atom. The molecule has 1 aromatic heterocycles. The maximum Gasteiger partial charge on any atom is 0.233 e. The van der Waals surface area contributed by atoms with E-state index in [4.69, 9.17) is 0 Å². The zero-order valence-corrected chi connectivity index (χ0v) is 18.5. The summed E-state index contributed by atoms with van der Waals surface area (Å²) in [5.41, 5.74) is 2.27. The van der Waals surface area contributed by atoms with Crippen LogP contribution >= 0.6 is 11.8 Å². The maximum atomic E-state index is 13.5. The van der Waals surface area contributed by atoms with Crippen molar-refractivity contribution in [1.82, 2.24) is 20.5 Å². The average Bonchev–Trinajstić information content (AvgIpc) is 3.31. The molecule has 2 aromatic carbocycles. The number of amides is 1. The minimum Gasteiger partial charge on any atom is -0.352 e. The van der Waals surface area contributed by atoms with Gasteiger partial charge in [-0.05, 0) is 67.8 Å². The molecule has 1 aliphatic carbocycles. The Balaban J connectivity index is 1.64. The van der Waals surface area contributed by atoms with Crippen molar-refractivity contribution < 1.29 is 13.6 Å². The summed E-state index contributed by atoms with van der Waals surface area (Å²) in [6, 6.07) is 12.1. The van der Waals surface area contributed by atoms with E-state index in [0.717, 1.165) is 25.7 Å². The van der Waals surface area contributed by atoms with Gasteiger partial charge in [0.25, 0.3) is 0 Å². The van der Waals surface area contributed by atoms with Crippen molar-refractivity contribution in [3.05, 3.63) is 60.2 Å². The standard InChI is InChI=1S/C24H24F2N4OS/c1-2-20(23(31)27-19-5-3-4-6-19)32-24-28-21(15-7-11-17(25)12-8-15)22(29-30-24)16-9-13-18(26)14-10-16/h7-14,19-20H,2-6H2,1H3,(H,27,31)/t20-/m0/s1. The van der Waals surface area contributed by atoms with Gasteiger partial charge in [0, 0.05) is 17.2 Å². The number of rotatable bonds is 7. The van der Waals surface area contributed by atoms with E-state index in [0.29, 0.717) is 34.1 Å². The molecule has 5 nitrogen and oxygen atoms in total. The van der Waals surface area contributed by atoms with Crippen molar-refractivity contribution in [1.29, 1.82) is 0 Å². The number of benzene rings is 2. The largest absolute Gasteiger partial charge is 0.352 e. The summed E-state index contributed by atoms with van der Waals surface area (Å²) < 4.78 is 26.9. The van der Waals surface area contributed by atoms with Crippen molar-refractivity contribution in [2.24, 2.45) is 0 Å². The van der Waals surface area contributed by atoms with Gasteiger partial charge in [0.05, 0.1) is 5.25 Å². The van der Waals surface area contributed by atoms with E-state index >= 15 is 0 Å². The quantitative estimate of drug-likeness (QED) is 0.483. The van der Waals surface area contributed by atoms with Gasteiger partial charge in [-0.25, -0.2) is 13.8 Å². The van der Waals surface area contributed by atoms with Crippen molar-refractivity contribution in [3.8, 4) is 22.5 Å². The lowest BCUT2D eigenvalue weighted by molar-refractivity contribution is -0.121. The Hall–Kier alpha value is -2.87. The monoisotopic (exact) mass is 454 g/mol. The number of thioether (sulfide) groups is 1. The second-order valence-electron chi connectivity index (χ2n) is 7.81. The van der Waals surface area contributed by atoms with Crippen molar-refractivity contribution in [3.63, 3.8) is 0 Å². The third kappa shape index (κ3) is 5.30. The number of hydrogen-bond donors (Lipinski definition) is 1. The minimum atomic E-state index is -0.358. The van der Waals surface area contributed by atoms with E-state index in [1.807, 2.05) is 6.92 Å². The third-order valence-corrected chi connectivity index (χ3v) is 6.73. The molecule has 0 spiro atoms. The molecule has 1 saturated carbocycles. The molecule has 1 amide bonds. The van der Waals surface area contributed by atoms with Crippen molar-refractivity contribution >= 4 is 17.7 Å². The smallest absolute Gasteiger partial charge is 0.233 e. The first-order chi connectivity index (χ1) is 15.5. The van der Waals surface area contributed by atoms with Crippen LogP contribution in [0.15, 0.2) is 53.7 Å². The molecule has 1 aliphatic rings. The Bertz CT molecular complexity index is 1070. The van der Waals surface area contributed by atoms with Crippen LogP contribution in [0.5, 0.6) is 0 Å². The fraction of sp³-hybridized carbons (Fsp3) is 0.333. The van der Waals surface area contributed by atoms with E-state index in [1.54, 1.807) is 24.3 Å². The lowest BCUT2D eigenvalue weighted by atomic mass is 10.0. The summed E-state index contributed by atoms with van der Waals surface area (Å²) in [4.78, 5) is 17.4. The molecular weight excluding hydrogens is 430 g/mol. The van der Waals surface area contributed by atoms with Gasteiger partial charge in [-0.1, -0.05) is 31.5 Å². The predicted molar refractivity (Wildman–Crippen MR) is 121 cm³/mol. The number of nitrogens with zero attached hydrogens (tertiary/aromatic N) is 3. The highest BCUT2D eigenvalue weighted by Crippen LogP contribution is 2.32. The summed E-state index contributed by atoms with van der Waals surface area (Å²) >= 11 is 1.27. The summed E-state index contributed by atoms with van der Waals surface area (Å²) in [7, 11) is 0. The van der Waals surface area contributed by atoms with Gasteiger partial charge in [0.1, 0.15) is 23.0 Å². The molecule has 0 saturated heterocycles. The highest BCUT2D eigenvalue weighted by Gasteiger charge is 2.25. The molecule has 1 N–H and O–H groups in total. The van der Waals surface area contributed by atoms with Gasteiger partial charge in [-0.2, -0.15) is 0 Å². The third-order valence-electron chi connectivity index (χ3n) is 5.52. The Morgan fingerprint density at radius 3 is 2.09 bits per heavy atom. The molecule has 166 valence electrons. The number of halogens is 2. The molecule has 0 bridgehead atoms. The first-order valence-electron chi connectivity index (χ1n) is 10.8. The number of carbonyl (C=O) groups is 1. The molecule has 4 rings (SSSR count). The second kappa shape index (κ2) is 10.2. The van der Waals surface area contributed by atoms with Gasteiger partial charge in [-0.15, -0.1) is 10.2 Å². The molecule has 1 heterocycles. The molecule has 3 aromatic rings. The molecule has 8 heteroatoms. The topological polar surface area (TPSA) is 67.8 Å². The minimum absolute atomic E-state index is 0.0149. The first-order valence-corrected chi connectivity index (χ1v) is 11.6. The summed E-state index contributed by atoms with van der Waals surface area (Å²) in [5.74, 6) is -0.730. The number of carbonyl (C=O) groups excluding carboxylic acids is 1. The van der Waals surface area contributed by atoms with E-state index in [1.165, 1.54) is 36.0 Å². The maximum absolute atomic E-state index is 13.5. The van der Waals surface area contributed by atoms with Crippen molar-refractivity contribution in [2.75, 3.05) is 0 Å². The van der Waals surface area contributed by atoms with Crippen LogP contribution in [-0.2, 0) is 4.79 Å². The van der Waals surface area contributed by atoms with Crippen LogP contribution < -0.4 is 5.32 Å². The van der Waals surface area contributed by atoms with E-state index in [9.17, 15) is 13.6 Å². The van der Waals surface area contributed by atoms with Crippen LogP contribution in [0.1, 0.15) is 39.0 Å². The second-order valence-corrected chi connectivity index (χ2v) is 8.98. The van der Waals surface area contributed by atoms with Crippen LogP contribution in [0.3, 0.4) is 0 Å². The van der Waals surface area contributed by atoms with Crippen LogP contribution in [0, 0.1) is 11.6 Å². The highest BCUT2D eigenvalue weighted by atomic mass is 32.2. The molecule has 32 heavy (non-hydrogen) atoms. The fourth-order valence-corrected chi connectivity index (χ4v) is 4.61. The zero-order chi connectivity index (χ0) is 22.5. The normalized spacial score (nSPS) is 15.0. The number of hydrogen-bond acceptors (Lipinski definition) is 5. The molecule has 0 radical (unpaired) electrons. The molecular formula is C24H24F2N4OS. The molecule has 1 fully saturated rings. The molecule has 0 aliphatic heterocycles. The van der Waals surface area contributed by atoms with E-state index in [-0.39, 0.29) is 28.8 Å².